The molecule has 0 fully saturated rings. The normalized spacial score (nSPS) is 11.8. The number of H-pyrrole nitrogens is 1. The fraction of sp³-hybridized carbons (Fsp3) is 0.294. The molecular weight excluding hydrogens is 336 g/mol. The summed E-state index contributed by atoms with van der Waals surface area (Å²) >= 11 is 1.79. The summed E-state index contributed by atoms with van der Waals surface area (Å²) in [6.07, 6.45) is 9.05. The molecule has 3 N–H and O–H groups in total. The Bertz CT molecular complexity index is 874. The van der Waals surface area contributed by atoms with Crippen molar-refractivity contribution in [3.05, 3.63) is 65.4 Å². The minimum Gasteiger partial charge on any atom is -0.447 e. The second kappa shape index (κ2) is 8.48. The van der Waals surface area contributed by atoms with E-state index in [1.807, 2.05) is 6.92 Å². The lowest BCUT2D eigenvalue weighted by Crippen LogP contribution is -2.07. The lowest BCUT2D eigenvalue weighted by molar-refractivity contribution is 0.486. The molecule has 0 aliphatic heterocycles. The largest absolute Gasteiger partial charge is 0.447 e. The van der Waals surface area contributed by atoms with Crippen molar-refractivity contribution in [1.82, 2.24) is 19.9 Å². The van der Waals surface area contributed by atoms with Gasteiger partial charge in [0.05, 0.1) is 24.8 Å². The molecule has 3 heterocycles. The predicted octanol–water partition coefficient (Wildman–Crippen LogP) is 2.11. The monoisotopic (exact) mass is 356 g/mol. The van der Waals surface area contributed by atoms with Crippen molar-refractivity contribution in [2.24, 2.45) is 4.99 Å². The molecule has 3 aromatic heterocycles. The molecule has 0 aromatic carbocycles. The molecule has 0 aliphatic carbocycles. The summed E-state index contributed by atoms with van der Waals surface area (Å²) in [5, 5.41) is 0. The molecule has 0 aliphatic rings. The van der Waals surface area contributed by atoms with E-state index in [2.05, 4.69) is 24.9 Å². The van der Waals surface area contributed by atoms with Gasteiger partial charge in [-0.2, -0.15) is 11.8 Å². The molecule has 0 saturated heterocycles. The molecule has 0 bridgehead atoms. The van der Waals surface area contributed by atoms with Crippen LogP contribution in [-0.2, 0) is 12.2 Å². The third-order valence-electron chi connectivity index (χ3n) is 3.66. The van der Waals surface area contributed by atoms with Crippen LogP contribution in [0.15, 0.2) is 46.8 Å². The Labute approximate surface area is 149 Å². The van der Waals surface area contributed by atoms with Crippen LogP contribution >= 0.6 is 11.8 Å². The highest BCUT2D eigenvalue weighted by atomic mass is 32.2. The van der Waals surface area contributed by atoms with Gasteiger partial charge in [-0.25, -0.2) is 15.0 Å². The molecule has 0 saturated carbocycles. The second-order valence-electron chi connectivity index (χ2n) is 5.53. The van der Waals surface area contributed by atoms with Crippen LogP contribution in [0.25, 0.3) is 0 Å². The quantitative estimate of drug-likeness (QED) is 0.628. The maximum Gasteiger partial charge on any atom is 0.215 e. The van der Waals surface area contributed by atoms with Gasteiger partial charge in [-0.3, -0.25) is 4.99 Å². The third-order valence-corrected chi connectivity index (χ3v) is 4.61. The van der Waals surface area contributed by atoms with E-state index < -0.39 is 0 Å². The van der Waals surface area contributed by atoms with Crippen LogP contribution in [0.5, 0.6) is 0 Å². The van der Waals surface area contributed by atoms with Gasteiger partial charge < -0.3 is 15.1 Å². The highest BCUT2D eigenvalue weighted by Gasteiger charge is 2.03. The van der Waals surface area contributed by atoms with Crippen LogP contribution in [0.3, 0.4) is 0 Å². The molecule has 8 heteroatoms. The van der Waals surface area contributed by atoms with Crippen LogP contribution in [0, 0.1) is 6.92 Å². The van der Waals surface area contributed by atoms with Gasteiger partial charge in [-0.1, -0.05) is 0 Å². The number of nitrogen functional groups attached to an aromatic ring is 1. The number of thioether (sulfide) groups is 1. The smallest absolute Gasteiger partial charge is 0.215 e. The van der Waals surface area contributed by atoms with Gasteiger partial charge in [0, 0.05) is 53.3 Å². The standard InChI is InChI=1S/C17H20N6OS/c1-12-16(23-11-22-12)9-25-3-2-21-17-5-15(18)14(8-24-17)4-13-6-19-10-20-7-13/h5-8,10-11H,2-4,9,18H2,1H3,(H,22,23). The highest BCUT2D eigenvalue weighted by Crippen LogP contribution is 2.14. The van der Waals surface area contributed by atoms with Gasteiger partial charge in [0.15, 0.2) is 0 Å². The van der Waals surface area contributed by atoms with E-state index in [1.54, 1.807) is 42.8 Å². The molecule has 3 rings (SSSR count). The molecule has 0 amide bonds. The Morgan fingerprint density at radius 2 is 2.16 bits per heavy atom. The van der Waals surface area contributed by atoms with E-state index in [9.17, 15) is 0 Å². The summed E-state index contributed by atoms with van der Waals surface area (Å²) in [6, 6.07) is 1.77. The van der Waals surface area contributed by atoms with Crippen LogP contribution in [0.4, 0.5) is 5.69 Å². The van der Waals surface area contributed by atoms with Crippen LogP contribution < -0.4 is 11.3 Å². The van der Waals surface area contributed by atoms with E-state index in [0.29, 0.717) is 24.2 Å². The number of imidazole rings is 1. The summed E-state index contributed by atoms with van der Waals surface area (Å²) in [5.74, 6) is 1.77. The molecule has 0 unspecified atom stereocenters. The van der Waals surface area contributed by atoms with E-state index in [1.165, 1.54) is 6.33 Å². The fourth-order valence-corrected chi connectivity index (χ4v) is 3.10. The zero-order chi connectivity index (χ0) is 17.5. The minimum atomic E-state index is 0.544. The molecule has 7 nitrogen and oxygen atoms in total. The van der Waals surface area contributed by atoms with Crippen molar-refractivity contribution in [3.63, 3.8) is 0 Å². The summed E-state index contributed by atoms with van der Waals surface area (Å²) in [7, 11) is 0. The number of nitrogens with one attached hydrogen (secondary N) is 1. The second-order valence-corrected chi connectivity index (χ2v) is 6.64. The maximum absolute atomic E-state index is 6.10. The number of rotatable bonds is 7. The minimum absolute atomic E-state index is 0.544. The van der Waals surface area contributed by atoms with Crippen molar-refractivity contribution in [2.75, 3.05) is 18.0 Å². The van der Waals surface area contributed by atoms with Gasteiger partial charge in [-0.05, 0) is 12.5 Å². The Morgan fingerprint density at radius 1 is 1.32 bits per heavy atom. The van der Waals surface area contributed by atoms with Gasteiger partial charge in [-0.15, -0.1) is 0 Å². The van der Waals surface area contributed by atoms with Gasteiger partial charge in [0.1, 0.15) is 6.33 Å². The molecule has 3 aromatic rings. The molecular formula is C17H20N6OS. The zero-order valence-corrected chi connectivity index (χ0v) is 14.8. The van der Waals surface area contributed by atoms with E-state index in [0.717, 1.165) is 34.0 Å². The van der Waals surface area contributed by atoms with E-state index >= 15 is 0 Å². The lowest BCUT2D eigenvalue weighted by atomic mass is 10.1. The number of nitrogens with two attached hydrogens (primary N) is 1. The molecule has 130 valence electrons. The summed E-state index contributed by atoms with van der Waals surface area (Å²) in [5.41, 5.74) is 11.4. The zero-order valence-electron chi connectivity index (χ0n) is 14.0. The first-order valence-corrected chi connectivity index (χ1v) is 9.06. The Balaban J connectivity index is 1.53. The van der Waals surface area contributed by atoms with Crippen molar-refractivity contribution < 1.29 is 4.42 Å². The average Bonchev–Trinajstić information content (AvgIpc) is 3.03. The van der Waals surface area contributed by atoms with Gasteiger partial charge in [0.25, 0.3) is 0 Å². The Hall–Kier alpha value is -2.61. The summed E-state index contributed by atoms with van der Waals surface area (Å²) < 4.78 is 5.57. The fourth-order valence-electron chi connectivity index (χ4n) is 2.25. The third kappa shape index (κ3) is 4.93. The first-order chi connectivity index (χ1) is 12.2. The van der Waals surface area contributed by atoms with Crippen LogP contribution in [0.2, 0.25) is 0 Å². The number of aromatic nitrogens is 4. The van der Waals surface area contributed by atoms with E-state index in [4.69, 9.17) is 10.2 Å². The number of nitrogens with zero attached hydrogens (tertiary/aromatic N) is 4. The van der Waals surface area contributed by atoms with Crippen molar-refractivity contribution in [2.45, 2.75) is 19.1 Å². The molecule has 25 heavy (non-hydrogen) atoms. The molecule has 0 spiro atoms. The molecule has 0 atom stereocenters. The average molecular weight is 356 g/mol. The van der Waals surface area contributed by atoms with Gasteiger partial charge >= 0.3 is 0 Å². The maximum atomic E-state index is 6.10. The van der Waals surface area contributed by atoms with Crippen molar-refractivity contribution in [1.29, 1.82) is 0 Å². The van der Waals surface area contributed by atoms with Crippen molar-refractivity contribution >= 4 is 17.4 Å². The SMILES string of the molecule is Cc1[nH]cnc1CSCCN=c1cc(N)c(Cc2cncnc2)co1. The van der Waals surface area contributed by atoms with Crippen LogP contribution in [0.1, 0.15) is 22.5 Å². The first-order valence-electron chi connectivity index (χ1n) is 7.90. The number of aromatic amines is 1. The number of aryl methyl sites for hydroxylation is 1. The number of hydrogen-bond donors (Lipinski definition) is 2. The highest BCUT2D eigenvalue weighted by molar-refractivity contribution is 7.98. The first kappa shape index (κ1) is 17.2. The number of hydrogen-bond acceptors (Lipinski definition) is 7. The topological polar surface area (TPSA) is 106 Å². The lowest BCUT2D eigenvalue weighted by Gasteiger charge is -2.04. The van der Waals surface area contributed by atoms with Crippen LogP contribution in [-0.4, -0.2) is 32.2 Å². The Morgan fingerprint density at radius 3 is 2.88 bits per heavy atom. The Kier molecular flexibility index (Phi) is 5.84. The van der Waals surface area contributed by atoms with Crippen molar-refractivity contribution in [3.8, 4) is 0 Å². The van der Waals surface area contributed by atoms with E-state index in [-0.39, 0.29) is 0 Å². The summed E-state index contributed by atoms with van der Waals surface area (Å²) in [4.78, 5) is 19.8. The number of anilines is 1. The predicted molar refractivity (Wildman–Crippen MR) is 97.9 cm³/mol. The summed E-state index contributed by atoms with van der Waals surface area (Å²) in [6.45, 7) is 2.70. The van der Waals surface area contributed by atoms with Gasteiger partial charge in [0.2, 0.25) is 5.55 Å². The molecule has 0 radical (unpaired) electrons.